The van der Waals surface area contributed by atoms with E-state index in [0.717, 1.165) is 25.8 Å². The Labute approximate surface area is 118 Å². The number of nitrogens with two attached hydrogens (primary N) is 1. The molecule has 1 aliphatic carbocycles. The van der Waals surface area contributed by atoms with Crippen LogP contribution < -0.4 is 11.1 Å². The van der Waals surface area contributed by atoms with Gasteiger partial charge in [-0.3, -0.25) is 4.79 Å². The minimum absolute atomic E-state index is 0.107. The summed E-state index contributed by atoms with van der Waals surface area (Å²) >= 11 is 0. The molecule has 3 N–H and O–H groups in total. The van der Waals surface area contributed by atoms with Crippen molar-refractivity contribution < 1.29 is 4.79 Å². The monoisotopic (exact) mass is 269 g/mol. The van der Waals surface area contributed by atoms with Crippen molar-refractivity contribution in [2.75, 3.05) is 27.2 Å². The maximum absolute atomic E-state index is 12.0. The maximum atomic E-state index is 12.0. The van der Waals surface area contributed by atoms with Gasteiger partial charge in [-0.05, 0) is 51.2 Å². The Morgan fingerprint density at radius 2 is 2.00 bits per heavy atom. The van der Waals surface area contributed by atoms with Crippen LogP contribution in [0.5, 0.6) is 0 Å². The van der Waals surface area contributed by atoms with Crippen LogP contribution in [-0.4, -0.2) is 44.0 Å². The highest BCUT2D eigenvalue weighted by molar-refractivity contribution is 5.76. The molecule has 1 atom stereocenters. The maximum Gasteiger partial charge on any atom is 0.220 e. The van der Waals surface area contributed by atoms with Crippen molar-refractivity contribution in [2.45, 2.75) is 52.0 Å². The van der Waals surface area contributed by atoms with Gasteiger partial charge in [0, 0.05) is 19.0 Å². The summed E-state index contributed by atoms with van der Waals surface area (Å²) < 4.78 is 0. The van der Waals surface area contributed by atoms with Crippen LogP contribution in [-0.2, 0) is 4.79 Å². The zero-order valence-corrected chi connectivity index (χ0v) is 13.0. The SMILES string of the molecule is CC(C)CC(CNC(=O)CC1(CN)CCC1)N(C)C. The molecule has 0 aliphatic heterocycles. The van der Waals surface area contributed by atoms with Gasteiger partial charge < -0.3 is 16.0 Å². The van der Waals surface area contributed by atoms with E-state index in [2.05, 4.69) is 38.2 Å². The Morgan fingerprint density at radius 1 is 1.37 bits per heavy atom. The van der Waals surface area contributed by atoms with Crippen LogP contribution in [0, 0.1) is 11.3 Å². The van der Waals surface area contributed by atoms with E-state index in [1.165, 1.54) is 6.42 Å². The first-order valence-electron chi connectivity index (χ1n) is 7.52. The second-order valence-corrected chi connectivity index (χ2v) is 6.79. The lowest BCUT2D eigenvalue weighted by Crippen LogP contribution is -2.45. The lowest BCUT2D eigenvalue weighted by molar-refractivity contribution is -0.125. The molecule has 1 saturated carbocycles. The number of carbonyl (C=O) groups is 1. The molecule has 0 bridgehead atoms. The molecule has 1 unspecified atom stereocenters. The third-order valence-corrected chi connectivity index (χ3v) is 4.39. The van der Waals surface area contributed by atoms with Gasteiger partial charge >= 0.3 is 0 Å². The van der Waals surface area contributed by atoms with Gasteiger partial charge in [-0.15, -0.1) is 0 Å². The largest absolute Gasteiger partial charge is 0.355 e. The van der Waals surface area contributed by atoms with Crippen molar-refractivity contribution in [1.29, 1.82) is 0 Å². The highest BCUT2D eigenvalue weighted by Gasteiger charge is 2.37. The summed E-state index contributed by atoms with van der Waals surface area (Å²) in [4.78, 5) is 14.2. The summed E-state index contributed by atoms with van der Waals surface area (Å²) in [6.07, 6.45) is 5.15. The number of rotatable bonds is 8. The van der Waals surface area contributed by atoms with Gasteiger partial charge in [-0.2, -0.15) is 0 Å². The van der Waals surface area contributed by atoms with Crippen molar-refractivity contribution in [3.63, 3.8) is 0 Å². The van der Waals surface area contributed by atoms with E-state index in [4.69, 9.17) is 5.73 Å². The number of amides is 1. The minimum Gasteiger partial charge on any atom is -0.355 e. The molecule has 0 aromatic rings. The first-order valence-corrected chi connectivity index (χ1v) is 7.52. The summed E-state index contributed by atoms with van der Waals surface area (Å²) in [5.41, 5.74) is 5.91. The van der Waals surface area contributed by atoms with E-state index in [0.29, 0.717) is 24.9 Å². The highest BCUT2D eigenvalue weighted by Crippen LogP contribution is 2.42. The number of nitrogens with one attached hydrogen (secondary N) is 1. The molecule has 1 fully saturated rings. The fraction of sp³-hybridized carbons (Fsp3) is 0.933. The Bertz CT molecular complexity index is 280. The quantitative estimate of drug-likeness (QED) is 0.703. The molecule has 19 heavy (non-hydrogen) atoms. The summed E-state index contributed by atoms with van der Waals surface area (Å²) in [6.45, 7) is 5.82. The van der Waals surface area contributed by atoms with Gasteiger partial charge in [-0.1, -0.05) is 20.3 Å². The van der Waals surface area contributed by atoms with E-state index >= 15 is 0 Å². The molecule has 1 amide bonds. The molecule has 112 valence electrons. The predicted octanol–water partition coefficient (Wildman–Crippen LogP) is 1.60. The van der Waals surface area contributed by atoms with Crippen molar-refractivity contribution in [3.05, 3.63) is 0 Å². The predicted molar refractivity (Wildman–Crippen MR) is 79.9 cm³/mol. The van der Waals surface area contributed by atoms with Crippen LogP contribution in [0.2, 0.25) is 0 Å². The van der Waals surface area contributed by atoms with Crippen LogP contribution in [0.3, 0.4) is 0 Å². The molecule has 1 aliphatic rings. The topological polar surface area (TPSA) is 58.4 Å². The summed E-state index contributed by atoms with van der Waals surface area (Å²) in [5, 5.41) is 3.09. The lowest BCUT2D eigenvalue weighted by Gasteiger charge is -2.40. The van der Waals surface area contributed by atoms with Crippen molar-refractivity contribution >= 4 is 5.91 Å². The lowest BCUT2D eigenvalue weighted by atomic mass is 9.66. The highest BCUT2D eigenvalue weighted by atomic mass is 16.1. The van der Waals surface area contributed by atoms with Gasteiger partial charge in [0.1, 0.15) is 0 Å². The van der Waals surface area contributed by atoms with Crippen LogP contribution in [0.1, 0.15) is 46.0 Å². The molecule has 0 heterocycles. The fourth-order valence-electron chi connectivity index (χ4n) is 2.79. The number of carbonyl (C=O) groups excluding carboxylic acids is 1. The van der Waals surface area contributed by atoms with Crippen LogP contribution in [0.4, 0.5) is 0 Å². The van der Waals surface area contributed by atoms with E-state index in [9.17, 15) is 4.79 Å². The fourth-order valence-corrected chi connectivity index (χ4v) is 2.79. The van der Waals surface area contributed by atoms with Crippen molar-refractivity contribution in [3.8, 4) is 0 Å². The average molecular weight is 269 g/mol. The second kappa shape index (κ2) is 7.25. The summed E-state index contributed by atoms with van der Waals surface area (Å²) in [6, 6.07) is 0.416. The Hall–Kier alpha value is -0.610. The van der Waals surface area contributed by atoms with E-state index < -0.39 is 0 Å². The van der Waals surface area contributed by atoms with Gasteiger partial charge in [0.2, 0.25) is 5.91 Å². The molecule has 0 aromatic carbocycles. The minimum atomic E-state index is 0.107. The first-order chi connectivity index (χ1) is 8.88. The van der Waals surface area contributed by atoms with Gasteiger partial charge in [0.15, 0.2) is 0 Å². The molecule has 0 spiro atoms. The summed E-state index contributed by atoms with van der Waals surface area (Å²) in [7, 11) is 4.15. The molecule has 0 saturated heterocycles. The number of hydrogen-bond acceptors (Lipinski definition) is 3. The third-order valence-electron chi connectivity index (χ3n) is 4.39. The van der Waals surface area contributed by atoms with Crippen molar-refractivity contribution in [2.24, 2.45) is 17.1 Å². The zero-order chi connectivity index (χ0) is 14.5. The van der Waals surface area contributed by atoms with E-state index in [1.807, 2.05) is 0 Å². The van der Waals surface area contributed by atoms with Gasteiger partial charge in [-0.25, -0.2) is 0 Å². The third kappa shape index (κ3) is 5.11. The standard InChI is InChI=1S/C15H31N3O/c1-12(2)8-13(18(3)4)10-17-14(19)9-15(11-16)6-5-7-15/h12-13H,5-11,16H2,1-4H3,(H,17,19). The van der Waals surface area contributed by atoms with E-state index in [-0.39, 0.29) is 11.3 Å². The Morgan fingerprint density at radius 3 is 2.37 bits per heavy atom. The molecule has 4 nitrogen and oxygen atoms in total. The number of hydrogen-bond donors (Lipinski definition) is 2. The van der Waals surface area contributed by atoms with Gasteiger partial charge in [0.25, 0.3) is 0 Å². The van der Waals surface area contributed by atoms with Gasteiger partial charge in [0.05, 0.1) is 0 Å². The molecule has 1 rings (SSSR count). The molecule has 0 aromatic heterocycles. The first kappa shape index (κ1) is 16.4. The second-order valence-electron chi connectivity index (χ2n) is 6.79. The number of nitrogens with zero attached hydrogens (tertiary/aromatic N) is 1. The van der Waals surface area contributed by atoms with Crippen LogP contribution >= 0.6 is 0 Å². The molecule has 0 radical (unpaired) electrons. The zero-order valence-electron chi connectivity index (χ0n) is 13.0. The molecular formula is C15H31N3O. The molecule has 4 heteroatoms. The summed E-state index contributed by atoms with van der Waals surface area (Å²) in [5.74, 6) is 0.812. The number of likely N-dealkylation sites (N-methyl/N-ethyl adjacent to an activating group) is 1. The molecular weight excluding hydrogens is 238 g/mol. The van der Waals surface area contributed by atoms with Crippen LogP contribution in [0.25, 0.3) is 0 Å². The Kier molecular flexibility index (Phi) is 6.27. The van der Waals surface area contributed by atoms with Crippen LogP contribution in [0.15, 0.2) is 0 Å². The Balaban J connectivity index is 2.35. The smallest absolute Gasteiger partial charge is 0.220 e. The van der Waals surface area contributed by atoms with Crippen molar-refractivity contribution in [1.82, 2.24) is 10.2 Å². The van der Waals surface area contributed by atoms with E-state index in [1.54, 1.807) is 0 Å². The average Bonchev–Trinajstić information content (AvgIpc) is 2.28. The normalized spacial score (nSPS) is 19.3.